The molecule has 1 amide bonds. The fourth-order valence-corrected chi connectivity index (χ4v) is 4.69. The Bertz CT molecular complexity index is 1100. The first-order chi connectivity index (χ1) is 15.4. The molecule has 5 nitrogen and oxygen atoms in total. The van der Waals surface area contributed by atoms with Crippen LogP contribution < -0.4 is 15.9 Å². The molecule has 2 aromatic carbocycles. The van der Waals surface area contributed by atoms with Crippen LogP contribution in [0.25, 0.3) is 0 Å². The topological polar surface area (TPSA) is 72.4 Å². The van der Waals surface area contributed by atoms with Crippen molar-refractivity contribution < 1.29 is 4.79 Å². The van der Waals surface area contributed by atoms with E-state index in [1.54, 1.807) is 0 Å². The number of thiazole rings is 1. The number of halogens is 1. The summed E-state index contributed by atoms with van der Waals surface area (Å²) >= 11 is 7.48. The van der Waals surface area contributed by atoms with Crippen LogP contribution >= 0.6 is 22.9 Å². The van der Waals surface area contributed by atoms with Crippen LogP contribution in [0.2, 0.25) is 5.02 Å². The van der Waals surface area contributed by atoms with E-state index < -0.39 is 0 Å². The third-order valence-corrected chi connectivity index (χ3v) is 6.38. The highest BCUT2D eigenvalue weighted by Gasteiger charge is 2.17. The van der Waals surface area contributed by atoms with Gasteiger partial charge in [0, 0.05) is 16.9 Å². The Morgan fingerprint density at radius 3 is 2.47 bits per heavy atom. The molecule has 7 heteroatoms. The van der Waals surface area contributed by atoms with Crippen molar-refractivity contribution in [2.45, 2.75) is 52.6 Å². The van der Waals surface area contributed by atoms with Crippen LogP contribution in [-0.2, 0) is 6.54 Å². The van der Waals surface area contributed by atoms with Gasteiger partial charge in [-0.2, -0.15) is 0 Å². The zero-order valence-corrected chi connectivity index (χ0v) is 20.5. The minimum Gasteiger partial charge on any atom is -0.344 e. The van der Waals surface area contributed by atoms with E-state index in [0.717, 1.165) is 41.9 Å². The van der Waals surface area contributed by atoms with Gasteiger partial charge in [0.1, 0.15) is 5.69 Å². The molecule has 3 aromatic rings. The fraction of sp³-hybridized carbons (Fsp3) is 0.360. The number of aromatic nitrogens is 1. The minimum absolute atomic E-state index is 0.107. The average Bonchev–Trinajstić information content (AvgIpc) is 3.13. The van der Waals surface area contributed by atoms with Crippen molar-refractivity contribution in [3.05, 3.63) is 80.1 Å². The minimum atomic E-state index is -0.134. The van der Waals surface area contributed by atoms with Gasteiger partial charge in [0.05, 0.1) is 11.7 Å². The van der Waals surface area contributed by atoms with Gasteiger partial charge in [-0.25, -0.2) is 4.99 Å². The largest absolute Gasteiger partial charge is 0.344 e. The summed E-state index contributed by atoms with van der Waals surface area (Å²) in [4.78, 5) is 18.9. The summed E-state index contributed by atoms with van der Waals surface area (Å²) in [6, 6.07) is 13.7. The summed E-state index contributed by atoms with van der Waals surface area (Å²) in [5, 5.41) is 5.69. The predicted molar refractivity (Wildman–Crippen MR) is 134 cm³/mol. The van der Waals surface area contributed by atoms with Gasteiger partial charge in [-0.15, -0.1) is 11.3 Å². The van der Waals surface area contributed by atoms with Gasteiger partial charge in [0.2, 0.25) is 0 Å². The van der Waals surface area contributed by atoms with E-state index in [0.29, 0.717) is 17.3 Å². The van der Waals surface area contributed by atoms with Gasteiger partial charge >= 0.3 is 0 Å². The Labute approximate surface area is 199 Å². The Hall–Kier alpha value is -2.41. The van der Waals surface area contributed by atoms with E-state index >= 15 is 0 Å². The van der Waals surface area contributed by atoms with Crippen LogP contribution in [0.15, 0.2) is 52.8 Å². The molecule has 0 aliphatic rings. The van der Waals surface area contributed by atoms with Crippen molar-refractivity contribution in [1.29, 1.82) is 0 Å². The Morgan fingerprint density at radius 2 is 1.81 bits per heavy atom. The van der Waals surface area contributed by atoms with E-state index in [9.17, 15) is 4.79 Å². The van der Waals surface area contributed by atoms with Gasteiger partial charge in [-0.1, -0.05) is 36.2 Å². The third-order valence-electron chi connectivity index (χ3n) is 5.26. The smallest absolute Gasteiger partial charge is 0.269 e. The maximum Gasteiger partial charge on any atom is 0.269 e. The molecule has 0 radical (unpaired) electrons. The molecule has 0 aliphatic carbocycles. The number of carbonyl (C=O) groups is 1. The van der Waals surface area contributed by atoms with Crippen LogP contribution in [0, 0.1) is 13.8 Å². The molecule has 1 unspecified atom stereocenters. The molecule has 0 saturated heterocycles. The third kappa shape index (κ3) is 6.55. The number of carbonyl (C=O) groups excluding carboxylic acids is 1. The van der Waals surface area contributed by atoms with Crippen LogP contribution in [-0.4, -0.2) is 17.0 Å². The van der Waals surface area contributed by atoms with Crippen LogP contribution in [0.4, 0.5) is 5.69 Å². The second-order valence-electron chi connectivity index (χ2n) is 8.11. The predicted octanol–water partition coefficient (Wildman–Crippen LogP) is 5.67. The van der Waals surface area contributed by atoms with Crippen LogP contribution in [0.1, 0.15) is 59.4 Å². The summed E-state index contributed by atoms with van der Waals surface area (Å²) in [7, 11) is 0. The molecule has 0 bridgehead atoms. The number of amides is 1. The zero-order chi connectivity index (χ0) is 23.1. The number of unbranched alkanes of at least 4 members (excludes halogenated alkanes) is 2. The molecule has 0 spiro atoms. The Kier molecular flexibility index (Phi) is 8.67. The highest BCUT2D eigenvalue weighted by atomic mass is 35.5. The van der Waals surface area contributed by atoms with Crippen molar-refractivity contribution in [1.82, 2.24) is 9.88 Å². The lowest BCUT2D eigenvalue weighted by Crippen LogP contribution is -2.31. The van der Waals surface area contributed by atoms with Crippen molar-refractivity contribution in [2.24, 2.45) is 10.7 Å². The first kappa shape index (κ1) is 24.2. The Balaban J connectivity index is 1.89. The standard InChI is InChI=1S/C25H31ClN4OS/c1-17-13-18(2)15-22(14-17)29-25-30(12-6-4-5-11-27)23(16-32-25)24(31)28-19(3)20-7-9-21(26)10-8-20/h7-10,13-16,19H,4-6,11-12,27H2,1-3H3,(H,28,31). The maximum atomic E-state index is 13.2. The lowest BCUT2D eigenvalue weighted by atomic mass is 10.1. The van der Waals surface area contributed by atoms with Crippen molar-refractivity contribution >= 4 is 34.5 Å². The lowest BCUT2D eigenvalue weighted by Gasteiger charge is -2.15. The van der Waals surface area contributed by atoms with Crippen LogP contribution in [0.5, 0.6) is 0 Å². The second-order valence-corrected chi connectivity index (χ2v) is 9.38. The van der Waals surface area contributed by atoms with Gasteiger partial charge in [0.15, 0.2) is 4.80 Å². The normalized spacial score (nSPS) is 12.7. The number of benzene rings is 2. The van der Waals surface area contributed by atoms with E-state index in [-0.39, 0.29) is 11.9 Å². The van der Waals surface area contributed by atoms with Crippen LogP contribution in [0.3, 0.4) is 0 Å². The van der Waals surface area contributed by atoms with Crippen molar-refractivity contribution in [2.75, 3.05) is 6.54 Å². The number of hydrogen-bond donors (Lipinski definition) is 2. The molecule has 1 aromatic heterocycles. The number of aryl methyl sites for hydroxylation is 2. The maximum absolute atomic E-state index is 13.2. The number of nitrogens with zero attached hydrogens (tertiary/aromatic N) is 2. The summed E-state index contributed by atoms with van der Waals surface area (Å²) in [5.41, 5.74) is 10.5. The van der Waals surface area contributed by atoms with E-state index in [2.05, 4.69) is 37.4 Å². The molecule has 0 aliphatic heterocycles. The van der Waals surface area contributed by atoms with Gasteiger partial charge < -0.3 is 15.6 Å². The zero-order valence-electron chi connectivity index (χ0n) is 18.9. The first-order valence-electron chi connectivity index (χ1n) is 10.9. The SMILES string of the molecule is Cc1cc(C)cc(N=c2scc(C(=O)NC(C)c3ccc(Cl)cc3)n2CCCCCN)c1. The van der Waals surface area contributed by atoms with Gasteiger partial charge in [-0.05, 0) is 81.1 Å². The number of hydrogen-bond acceptors (Lipinski definition) is 4. The summed E-state index contributed by atoms with van der Waals surface area (Å²) in [6.07, 6.45) is 2.94. The van der Waals surface area contributed by atoms with Crippen molar-refractivity contribution in [3.63, 3.8) is 0 Å². The molecule has 1 heterocycles. The molecule has 170 valence electrons. The molecular formula is C25H31ClN4OS. The molecular weight excluding hydrogens is 440 g/mol. The van der Waals surface area contributed by atoms with Gasteiger partial charge in [0.25, 0.3) is 5.91 Å². The Morgan fingerprint density at radius 1 is 1.12 bits per heavy atom. The highest BCUT2D eigenvalue weighted by molar-refractivity contribution is 7.07. The molecule has 3 N–H and O–H groups in total. The summed E-state index contributed by atoms with van der Waals surface area (Å²) < 4.78 is 2.03. The second kappa shape index (κ2) is 11.5. The molecule has 3 rings (SSSR count). The van der Waals surface area contributed by atoms with Crippen molar-refractivity contribution in [3.8, 4) is 0 Å². The van der Waals surface area contributed by atoms with E-state index in [1.165, 1.54) is 22.5 Å². The number of nitrogens with one attached hydrogen (secondary N) is 1. The number of rotatable bonds is 9. The molecule has 0 saturated carbocycles. The van der Waals surface area contributed by atoms with E-state index in [1.807, 2.05) is 41.1 Å². The fourth-order valence-electron chi connectivity index (χ4n) is 3.64. The molecule has 0 fully saturated rings. The average molecular weight is 471 g/mol. The monoisotopic (exact) mass is 470 g/mol. The quantitative estimate of drug-likeness (QED) is 0.395. The van der Waals surface area contributed by atoms with E-state index in [4.69, 9.17) is 22.3 Å². The number of nitrogens with two attached hydrogens (primary N) is 1. The lowest BCUT2D eigenvalue weighted by molar-refractivity contribution is 0.0929. The molecule has 32 heavy (non-hydrogen) atoms. The first-order valence-corrected chi connectivity index (χ1v) is 12.2. The molecule has 1 atom stereocenters. The summed E-state index contributed by atoms with van der Waals surface area (Å²) in [6.45, 7) is 7.52. The van der Waals surface area contributed by atoms with Gasteiger partial charge in [-0.3, -0.25) is 4.79 Å². The highest BCUT2D eigenvalue weighted by Crippen LogP contribution is 2.19. The summed E-state index contributed by atoms with van der Waals surface area (Å²) in [5.74, 6) is -0.107.